The highest BCUT2D eigenvalue weighted by atomic mass is 35.5. The molecule has 1 atom stereocenters. The highest BCUT2D eigenvalue weighted by Gasteiger charge is 2.41. The van der Waals surface area contributed by atoms with Crippen molar-refractivity contribution in [3.8, 4) is 0 Å². The second kappa shape index (κ2) is 6.04. The van der Waals surface area contributed by atoms with Gasteiger partial charge in [0.05, 0.1) is 5.71 Å². The fourth-order valence-electron chi connectivity index (χ4n) is 2.43. The topological polar surface area (TPSA) is 24.7 Å². The van der Waals surface area contributed by atoms with E-state index >= 15 is 0 Å². The SMILES string of the molecule is CCc1ccc(C2(Cl)N=C(Cl)N=C2c2ccccc2Cl)cc1. The van der Waals surface area contributed by atoms with E-state index in [1.54, 1.807) is 6.07 Å². The van der Waals surface area contributed by atoms with Crippen molar-refractivity contribution >= 4 is 45.8 Å². The number of alkyl halides is 1. The Balaban J connectivity index is 2.11. The molecular weight excluding hydrogens is 339 g/mol. The van der Waals surface area contributed by atoms with Crippen LogP contribution < -0.4 is 0 Å². The molecule has 2 nitrogen and oxygen atoms in total. The van der Waals surface area contributed by atoms with Crippen molar-refractivity contribution in [3.05, 3.63) is 70.2 Å². The van der Waals surface area contributed by atoms with Gasteiger partial charge >= 0.3 is 0 Å². The molecule has 1 aliphatic heterocycles. The summed E-state index contributed by atoms with van der Waals surface area (Å²) in [6.45, 7) is 2.10. The highest BCUT2D eigenvalue weighted by Crippen LogP contribution is 2.40. The Morgan fingerprint density at radius 2 is 1.68 bits per heavy atom. The van der Waals surface area contributed by atoms with Crippen LogP contribution in [0.2, 0.25) is 5.02 Å². The van der Waals surface area contributed by atoms with Crippen LogP contribution in [0.5, 0.6) is 0 Å². The molecule has 0 fully saturated rings. The monoisotopic (exact) mass is 350 g/mol. The molecule has 0 saturated heterocycles. The van der Waals surface area contributed by atoms with E-state index in [0.717, 1.165) is 17.5 Å². The van der Waals surface area contributed by atoms with E-state index < -0.39 is 5.00 Å². The normalized spacial score (nSPS) is 20.7. The summed E-state index contributed by atoms with van der Waals surface area (Å²) in [6, 6.07) is 15.4. The third-order valence-corrected chi connectivity index (χ3v) is 4.62. The number of benzene rings is 2. The molecule has 3 rings (SSSR count). The fourth-order valence-corrected chi connectivity index (χ4v) is 3.26. The van der Waals surface area contributed by atoms with Crippen LogP contribution in [0.3, 0.4) is 0 Å². The number of aliphatic imine (C=N–C) groups is 2. The van der Waals surface area contributed by atoms with Gasteiger partial charge in [-0.15, -0.1) is 0 Å². The second-order valence-electron chi connectivity index (χ2n) is 4.99. The molecule has 0 amide bonds. The summed E-state index contributed by atoms with van der Waals surface area (Å²) in [7, 11) is 0. The van der Waals surface area contributed by atoms with Gasteiger partial charge < -0.3 is 0 Å². The van der Waals surface area contributed by atoms with Gasteiger partial charge in [-0.05, 0) is 29.7 Å². The molecule has 0 radical (unpaired) electrons. The molecule has 22 heavy (non-hydrogen) atoms. The average molecular weight is 352 g/mol. The molecule has 2 aromatic carbocycles. The van der Waals surface area contributed by atoms with Crippen LogP contribution in [0.4, 0.5) is 0 Å². The fraction of sp³-hybridized carbons (Fsp3) is 0.176. The molecule has 0 N–H and O–H groups in total. The first-order valence-electron chi connectivity index (χ1n) is 6.92. The third kappa shape index (κ3) is 2.67. The van der Waals surface area contributed by atoms with Gasteiger partial charge in [-0.3, -0.25) is 0 Å². The molecule has 2 aromatic rings. The van der Waals surface area contributed by atoms with Crippen LogP contribution in [0.1, 0.15) is 23.6 Å². The van der Waals surface area contributed by atoms with E-state index in [4.69, 9.17) is 34.8 Å². The third-order valence-electron chi connectivity index (χ3n) is 3.64. The summed E-state index contributed by atoms with van der Waals surface area (Å²) >= 11 is 19.1. The highest BCUT2D eigenvalue weighted by molar-refractivity contribution is 6.68. The lowest BCUT2D eigenvalue weighted by Gasteiger charge is -2.22. The van der Waals surface area contributed by atoms with Crippen LogP contribution in [0.15, 0.2) is 58.5 Å². The number of hydrogen-bond donors (Lipinski definition) is 0. The van der Waals surface area contributed by atoms with Crippen molar-refractivity contribution in [2.75, 3.05) is 0 Å². The van der Waals surface area contributed by atoms with Crippen LogP contribution in [-0.4, -0.2) is 11.0 Å². The molecular formula is C17H13Cl3N2. The zero-order valence-corrected chi connectivity index (χ0v) is 14.1. The van der Waals surface area contributed by atoms with E-state index in [9.17, 15) is 0 Å². The van der Waals surface area contributed by atoms with E-state index in [1.165, 1.54) is 5.56 Å². The van der Waals surface area contributed by atoms with Gasteiger partial charge in [-0.2, -0.15) is 0 Å². The van der Waals surface area contributed by atoms with Gasteiger partial charge in [-0.1, -0.05) is 72.6 Å². The number of hydrogen-bond acceptors (Lipinski definition) is 2. The van der Waals surface area contributed by atoms with Gasteiger partial charge in [0.2, 0.25) is 10.3 Å². The number of nitrogens with zero attached hydrogens (tertiary/aromatic N) is 2. The Labute approximate surface area is 144 Å². The van der Waals surface area contributed by atoms with Gasteiger partial charge in [0.15, 0.2) is 0 Å². The van der Waals surface area contributed by atoms with E-state index in [0.29, 0.717) is 10.7 Å². The van der Waals surface area contributed by atoms with Crippen LogP contribution in [0, 0.1) is 0 Å². The number of aryl methyl sites for hydroxylation is 1. The molecule has 1 heterocycles. The molecule has 0 saturated carbocycles. The lowest BCUT2D eigenvalue weighted by Crippen LogP contribution is -2.26. The van der Waals surface area contributed by atoms with Crippen molar-refractivity contribution in [1.82, 2.24) is 0 Å². The maximum Gasteiger partial charge on any atom is 0.220 e. The zero-order valence-electron chi connectivity index (χ0n) is 11.9. The maximum atomic E-state index is 6.80. The van der Waals surface area contributed by atoms with Gasteiger partial charge in [0.25, 0.3) is 0 Å². The molecule has 112 valence electrons. The molecule has 0 aliphatic carbocycles. The van der Waals surface area contributed by atoms with E-state index in [1.807, 2.05) is 42.5 Å². The minimum atomic E-state index is -1.14. The second-order valence-corrected chi connectivity index (χ2v) is 6.29. The Morgan fingerprint density at radius 3 is 2.32 bits per heavy atom. The first kappa shape index (κ1) is 15.5. The van der Waals surface area contributed by atoms with Crippen LogP contribution >= 0.6 is 34.8 Å². The summed E-state index contributed by atoms with van der Waals surface area (Å²) in [5.41, 5.74) is 3.33. The number of rotatable bonds is 3. The Hall–Kier alpha value is -1.35. The van der Waals surface area contributed by atoms with Crippen molar-refractivity contribution in [3.63, 3.8) is 0 Å². The molecule has 0 bridgehead atoms. The van der Waals surface area contributed by atoms with Crippen molar-refractivity contribution in [2.45, 2.75) is 18.3 Å². The summed E-state index contributed by atoms with van der Waals surface area (Å²) in [5, 5.41) is 0.697. The molecule has 0 spiro atoms. The summed E-state index contributed by atoms with van der Waals surface area (Å²) in [4.78, 5) is 7.49. The number of amidine groups is 1. The lowest BCUT2D eigenvalue weighted by atomic mass is 9.95. The number of halogens is 3. The van der Waals surface area contributed by atoms with Crippen molar-refractivity contribution < 1.29 is 0 Å². The maximum absolute atomic E-state index is 6.80. The smallest absolute Gasteiger partial charge is 0.220 e. The Morgan fingerprint density at radius 1 is 1.00 bits per heavy atom. The molecule has 5 heteroatoms. The van der Waals surface area contributed by atoms with Gasteiger partial charge in [0, 0.05) is 16.1 Å². The molecule has 1 aliphatic rings. The van der Waals surface area contributed by atoms with E-state index in [-0.39, 0.29) is 5.29 Å². The molecule has 0 aromatic heterocycles. The lowest BCUT2D eigenvalue weighted by molar-refractivity contribution is 0.885. The summed E-state index contributed by atoms with van der Waals surface area (Å²) in [5.74, 6) is 0. The first-order chi connectivity index (χ1) is 10.5. The van der Waals surface area contributed by atoms with Crippen LogP contribution in [-0.2, 0) is 11.4 Å². The first-order valence-corrected chi connectivity index (χ1v) is 8.05. The average Bonchev–Trinajstić information content (AvgIpc) is 2.84. The van der Waals surface area contributed by atoms with Crippen LogP contribution in [0.25, 0.3) is 0 Å². The largest absolute Gasteiger partial charge is 0.221 e. The Kier molecular flexibility index (Phi) is 4.26. The quantitative estimate of drug-likeness (QED) is 0.523. The van der Waals surface area contributed by atoms with Gasteiger partial charge in [-0.25, -0.2) is 9.98 Å². The summed E-state index contributed by atoms with van der Waals surface area (Å²) < 4.78 is 0. The predicted octanol–water partition coefficient (Wildman–Crippen LogP) is 5.39. The molecule has 1 unspecified atom stereocenters. The summed E-state index contributed by atoms with van der Waals surface area (Å²) in [6.07, 6.45) is 0.963. The minimum absolute atomic E-state index is 0.129. The predicted molar refractivity (Wildman–Crippen MR) is 94.6 cm³/mol. The minimum Gasteiger partial charge on any atom is -0.221 e. The van der Waals surface area contributed by atoms with Gasteiger partial charge in [0.1, 0.15) is 0 Å². The van der Waals surface area contributed by atoms with Crippen molar-refractivity contribution in [1.29, 1.82) is 0 Å². The zero-order chi connectivity index (χ0) is 15.7. The Bertz CT molecular complexity index is 766. The standard InChI is InChI=1S/C17H13Cl3N2/c1-2-11-7-9-12(10-8-11)17(20)15(21-16(19)22-17)13-5-3-4-6-14(13)18/h3-10H,2H2,1H3. The van der Waals surface area contributed by atoms with E-state index in [2.05, 4.69) is 16.9 Å². The van der Waals surface area contributed by atoms with Crippen molar-refractivity contribution in [2.24, 2.45) is 9.98 Å².